The summed E-state index contributed by atoms with van der Waals surface area (Å²) in [5.74, 6) is -1.13. The lowest BCUT2D eigenvalue weighted by Crippen LogP contribution is -2.51. The van der Waals surface area contributed by atoms with Gasteiger partial charge in [0.1, 0.15) is 11.9 Å². The summed E-state index contributed by atoms with van der Waals surface area (Å²) in [5.41, 5.74) is 0.0961. The van der Waals surface area contributed by atoms with Crippen LogP contribution < -0.4 is 25.0 Å². The molecule has 3 aromatic rings. The summed E-state index contributed by atoms with van der Waals surface area (Å²) < 4.78 is 24.5. The number of hydrogen-bond acceptors (Lipinski definition) is 6. The van der Waals surface area contributed by atoms with Crippen LogP contribution in [-0.4, -0.2) is 44.0 Å². The minimum absolute atomic E-state index is 0.278. The lowest BCUT2D eigenvalue weighted by atomic mass is 10.00. The van der Waals surface area contributed by atoms with Crippen molar-refractivity contribution in [1.29, 1.82) is 0 Å². The second-order valence-corrected chi connectivity index (χ2v) is 10.1. The van der Waals surface area contributed by atoms with Crippen molar-refractivity contribution in [3.05, 3.63) is 76.2 Å². The average Bonchev–Trinajstić information content (AvgIpc) is 3.40. The van der Waals surface area contributed by atoms with Crippen LogP contribution in [-0.2, 0) is 9.59 Å². The molecule has 0 unspecified atom stereocenters. The van der Waals surface area contributed by atoms with E-state index >= 15 is 0 Å². The lowest BCUT2D eigenvalue weighted by molar-refractivity contribution is -0.127. The zero-order valence-electron chi connectivity index (χ0n) is 21.3. The molecule has 2 aromatic carbocycles. The molecule has 0 radical (unpaired) electrons. The van der Waals surface area contributed by atoms with E-state index in [1.165, 1.54) is 54.7 Å². The second kappa shape index (κ2) is 11.9. The summed E-state index contributed by atoms with van der Waals surface area (Å²) in [6.07, 6.45) is 0. The first-order valence-electron chi connectivity index (χ1n) is 11.5. The van der Waals surface area contributed by atoms with Gasteiger partial charge in [0, 0.05) is 11.2 Å². The maximum Gasteiger partial charge on any atom is 0.261 e. The largest absolute Gasteiger partial charge is 0.493 e. The van der Waals surface area contributed by atoms with E-state index in [2.05, 4.69) is 10.6 Å². The van der Waals surface area contributed by atoms with Crippen molar-refractivity contribution >= 4 is 34.7 Å². The summed E-state index contributed by atoms with van der Waals surface area (Å²) in [6.45, 7) is 5.08. The number of ether oxygens (including phenoxy) is 2. The molecule has 1 aromatic heterocycles. The first-order valence-corrected chi connectivity index (χ1v) is 12.4. The number of carbonyl (C=O) groups is 3. The number of methoxy groups -OCH3 is 2. The summed E-state index contributed by atoms with van der Waals surface area (Å²) >= 11 is 1.24. The molecule has 3 rings (SSSR count). The van der Waals surface area contributed by atoms with Gasteiger partial charge < -0.3 is 20.1 Å². The molecule has 0 saturated carbocycles. The van der Waals surface area contributed by atoms with Crippen LogP contribution in [0.3, 0.4) is 0 Å². The van der Waals surface area contributed by atoms with Gasteiger partial charge in [-0.25, -0.2) is 4.39 Å². The maximum absolute atomic E-state index is 13.8. The number of anilines is 1. The Hall–Kier alpha value is -3.92. The van der Waals surface area contributed by atoms with Gasteiger partial charge in [-0.15, -0.1) is 11.3 Å². The summed E-state index contributed by atoms with van der Waals surface area (Å²) in [6, 6.07) is 12.3. The quantitative estimate of drug-likeness (QED) is 0.432. The zero-order valence-corrected chi connectivity index (χ0v) is 22.1. The molecule has 1 heterocycles. The number of nitrogens with zero attached hydrogens (tertiary/aromatic N) is 1. The van der Waals surface area contributed by atoms with E-state index < -0.39 is 35.1 Å². The molecule has 0 bridgehead atoms. The van der Waals surface area contributed by atoms with E-state index in [1.807, 2.05) is 20.8 Å². The number of nitrogens with one attached hydrogen (secondary N) is 2. The Morgan fingerprint density at radius 2 is 1.68 bits per heavy atom. The highest BCUT2D eigenvalue weighted by molar-refractivity contribution is 7.12. The normalized spacial score (nSPS) is 11.8. The third kappa shape index (κ3) is 7.07. The fraction of sp³-hybridized carbons (Fsp3) is 0.296. The monoisotopic (exact) mass is 527 g/mol. The Morgan fingerprint density at radius 3 is 2.24 bits per heavy atom. The summed E-state index contributed by atoms with van der Waals surface area (Å²) in [7, 11) is 2.96. The van der Waals surface area contributed by atoms with Crippen LogP contribution in [0.15, 0.2) is 60.0 Å². The van der Waals surface area contributed by atoms with Gasteiger partial charge in [-0.2, -0.15) is 0 Å². The predicted octanol–water partition coefficient (Wildman–Crippen LogP) is 4.32. The molecule has 1 atom stereocenters. The van der Waals surface area contributed by atoms with E-state index in [0.29, 0.717) is 21.9 Å². The third-order valence-electron chi connectivity index (χ3n) is 5.25. The van der Waals surface area contributed by atoms with Crippen molar-refractivity contribution in [3.8, 4) is 11.5 Å². The molecule has 0 spiro atoms. The fourth-order valence-electron chi connectivity index (χ4n) is 3.65. The Kier molecular flexibility index (Phi) is 8.88. The van der Waals surface area contributed by atoms with Crippen molar-refractivity contribution in [2.75, 3.05) is 25.7 Å². The third-order valence-corrected chi connectivity index (χ3v) is 6.12. The van der Waals surface area contributed by atoms with Crippen LogP contribution in [0, 0.1) is 5.82 Å². The molecular weight excluding hydrogens is 497 g/mol. The van der Waals surface area contributed by atoms with E-state index in [-0.39, 0.29) is 12.2 Å². The minimum atomic E-state index is -1.17. The van der Waals surface area contributed by atoms with Crippen LogP contribution >= 0.6 is 11.3 Å². The van der Waals surface area contributed by atoms with Gasteiger partial charge in [0.05, 0.1) is 25.6 Å². The van der Waals surface area contributed by atoms with Gasteiger partial charge >= 0.3 is 0 Å². The zero-order chi connectivity index (χ0) is 27.2. The number of benzene rings is 2. The lowest BCUT2D eigenvalue weighted by Gasteiger charge is -2.34. The molecular formula is C27H30FN3O5S. The molecule has 10 heteroatoms. The van der Waals surface area contributed by atoms with Crippen LogP contribution in [0.4, 0.5) is 10.1 Å². The number of carbonyl (C=O) groups excluding carboxylic acids is 3. The molecule has 0 aliphatic heterocycles. The molecule has 37 heavy (non-hydrogen) atoms. The SMILES string of the molecule is COc1ccc([C@H](C(=O)NC(C)(C)C)N(C(=O)CNC(=O)c2cccs2)c2ccc(F)cc2)cc1OC. The second-order valence-electron chi connectivity index (χ2n) is 9.16. The number of amides is 3. The molecule has 0 fully saturated rings. The van der Waals surface area contributed by atoms with Crippen molar-refractivity contribution in [2.24, 2.45) is 0 Å². The Labute approximate surface area is 219 Å². The molecule has 0 aliphatic rings. The van der Waals surface area contributed by atoms with Crippen molar-refractivity contribution < 1.29 is 28.2 Å². The summed E-state index contributed by atoms with van der Waals surface area (Å²) in [4.78, 5) is 41.5. The van der Waals surface area contributed by atoms with Gasteiger partial charge in [0.25, 0.3) is 5.91 Å². The predicted molar refractivity (Wildman–Crippen MR) is 141 cm³/mol. The van der Waals surface area contributed by atoms with Crippen LogP contribution in [0.25, 0.3) is 0 Å². The van der Waals surface area contributed by atoms with Crippen molar-refractivity contribution in [1.82, 2.24) is 10.6 Å². The first kappa shape index (κ1) is 27.7. The fourth-order valence-corrected chi connectivity index (χ4v) is 4.29. The van der Waals surface area contributed by atoms with E-state index in [9.17, 15) is 18.8 Å². The van der Waals surface area contributed by atoms with Crippen LogP contribution in [0.2, 0.25) is 0 Å². The molecule has 3 amide bonds. The smallest absolute Gasteiger partial charge is 0.261 e. The van der Waals surface area contributed by atoms with Gasteiger partial charge in [-0.3, -0.25) is 19.3 Å². The molecule has 0 aliphatic carbocycles. The Bertz CT molecular complexity index is 1240. The van der Waals surface area contributed by atoms with E-state index in [1.54, 1.807) is 35.7 Å². The van der Waals surface area contributed by atoms with Gasteiger partial charge in [-0.05, 0) is 74.2 Å². The van der Waals surface area contributed by atoms with E-state index in [4.69, 9.17) is 9.47 Å². The van der Waals surface area contributed by atoms with Gasteiger partial charge in [0.15, 0.2) is 11.5 Å². The first-order chi connectivity index (χ1) is 17.5. The standard InChI is InChI=1S/C27H30FN3O5S/c1-27(2,3)30-26(34)24(17-8-13-20(35-4)21(15-17)36-5)31(19-11-9-18(28)10-12-19)23(32)16-29-25(33)22-7-6-14-37-22/h6-15,24H,16H2,1-5H3,(H,29,33)(H,30,34)/t24-/m1/s1. The average molecular weight is 528 g/mol. The van der Waals surface area contributed by atoms with Gasteiger partial charge in [0.2, 0.25) is 11.8 Å². The molecule has 8 nitrogen and oxygen atoms in total. The van der Waals surface area contributed by atoms with Gasteiger partial charge in [-0.1, -0.05) is 12.1 Å². The minimum Gasteiger partial charge on any atom is -0.493 e. The van der Waals surface area contributed by atoms with Crippen LogP contribution in [0.1, 0.15) is 42.0 Å². The highest BCUT2D eigenvalue weighted by Gasteiger charge is 2.35. The number of rotatable bonds is 9. The number of thiophene rings is 1. The maximum atomic E-state index is 13.8. The van der Waals surface area contributed by atoms with Crippen molar-refractivity contribution in [3.63, 3.8) is 0 Å². The molecule has 2 N–H and O–H groups in total. The van der Waals surface area contributed by atoms with Crippen molar-refractivity contribution in [2.45, 2.75) is 32.4 Å². The highest BCUT2D eigenvalue weighted by atomic mass is 32.1. The van der Waals surface area contributed by atoms with E-state index in [0.717, 1.165) is 0 Å². The summed E-state index contributed by atoms with van der Waals surface area (Å²) in [5, 5.41) is 7.29. The molecule has 196 valence electrons. The Morgan fingerprint density at radius 1 is 1.00 bits per heavy atom. The number of halogens is 1. The number of hydrogen-bond donors (Lipinski definition) is 2. The van der Waals surface area contributed by atoms with Crippen LogP contribution in [0.5, 0.6) is 11.5 Å². The topological polar surface area (TPSA) is 97.0 Å². The Balaban J connectivity index is 2.08. The molecule has 0 saturated heterocycles. The highest BCUT2D eigenvalue weighted by Crippen LogP contribution is 2.34.